The van der Waals surface area contributed by atoms with E-state index in [1.807, 2.05) is 35.2 Å². The topological polar surface area (TPSA) is 20.3 Å². The Morgan fingerprint density at radius 2 is 1.78 bits per heavy atom. The van der Waals surface area contributed by atoms with E-state index in [9.17, 15) is 4.79 Å². The highest BCUT2D eigenvalue weighted by Crippen LogP contribution is 2.28. The molecule has 2 nitrogen and oxygen atoms in total. The van der Waals surface area contributed by atoms with E-state index in [4.69, 9.17) is 0 Å². The van der Waals surface area contributed by atoms with E-state index in [2.05, 4.69) is 6.58 Å². The SMILES string of the molecule is C=C(C)C(=O)N(c1ccccc1)C1CCCCC1. The van der Waals surface area contributed by atoms with Gasteiger partial charge in [-0.2, -0.15) is 0 Å². The smallest absolute Gasteiger partial charge is 0.253 e. The average Bonchev–Trinajstić information content (AvgIpc) is 2.41. The summed E-state index contributed by atoms with van der Waals surface area (Å²) in [6.45, 7) is 5.60. The van der Waals surface area contributed by atoms with Crippen LogP contribution in [0, 0.1) is 0 Å². The summed E-state index contributed by atoms with van der Waals surface area (Å²) in [5.41, 5.74) is 1.61. The van der Waals surface area contributed by atoms with E-state index in [1.54, 1.807) is 6.92 Å². The second-order valence-electron chi connectivity index (χ2n) is 5.08. The van der Waals surface area contributed by atoms with E-state index in [-0.39, 0.29) is 5.91 Å². The summed E-state index contributed by atoms with van der Waals surface area (Å²) in [6.07, 6.45) is 5.94. The third kappa shape index (κ3) is 2.81. The summed E-state index contributed by atoms with van der Waals surface area (Å²) in [5.74, 6) is 0.0631. The maximum atomic E-state index is 12.4. The lowest BCUT2D eigenvalue weighted by Gasteiger charge is -2.34. The first-order valence-electron chi connectivity index (χ1n) is 6.74. The Balaban J connectivity index is 2.28. The van der Waals surface area contributed by atoms with Gasteiger partial charge in [0.25, 0.3) is 5.91 Å². The molecule has 0 aliphatic heterocycles. The molecule has 0 radical (unpaired) electrons. The predicted molar refractivity (Wildman–Crippen MR) is 75.6 cm³/mol. The molecule has 1 aromatic rings. The molecule has 2 heteroatoms. The lowest BCUT2D eigenvalue weighted by Crippen LogP contribution is -2.42. The largest absolute Gasteiger partial charge is 0.306 e. The van der Waals surface area contributed by atoms with Gasteiger partial charge in [0.2, 0.25) is 0 Å². The normalized spacial score (nSPS) is 16.3. The number of anilines is 1. The van der Waals surface area contributed by atoms with E-state index in [0.29, 0.717) is 11.6 Å². The fourth-order valence-electron chi connectivity index (χ4n) is 2.63. The van der Waals surface area contributed by atoms with Gasteiger partial charge in [0, 0.05) is 17.3 Å². The molecular formula is C16H21NO. The molecular weight excluding hydrogens is 222 g/mol. The Labute approximate surface area is 109 Å². The maximum absolute atomic E-state index is 12.4. The van der Waals surface area contributed by atoms with E-state index >= 15 is 0 Å². The van der Waals surface area contributed by atoms with Gasteiger partial charge in [0.15, 0.2) is 0 Å². The number of hydrogen-bond donors (Lipinski definition) is 0. The van der Waals surface area contributed by atoms with Gasteiger partial charge >= 0.3 is 0 Å². The molecule has 1 aliphatic rings. The van der Waals surface area contributed by atoms with Crippen molar-refractivity contribution in [3.05, 3.63) is 42.5 Å². The first-order chi connectivity index (χ1) is 8.70. The Morgan fingerprint density at radius 3 is 2.33 bits per heavy atom. The van der Waals surface area contributed by atoms with Crippen LogP contribution in [0.2, 0.25) is 0 Å². The third-order valence-electron chi connectivity index (χ3n) is 3.56. The van der Waals surface area contributed by atoms with Crippen molar-refractivity contribution in [2.75, 3.05) is 4.90 Å². The van der Waals surface area contributed by atoms with Crippen LogP contribution in [0.4, 0.5) is 5.69 Å². The number of hydrogen-bond acceptors (Lipinski definition) is 1. The van der Waals surface area contributed by atoms with E-state index in [1.165, 1.54) is 19.3 Å². The first-order valence-corrected chi connectivity index (χ1v) is 6.74. The van der Waals surface area contributed by atoms with Gasteiger partial charge < -0.3 is 4.90 Å². The standard InChI is InChI=1S/C16H21NO/c1-13(2)16(18)17(14-9-5-3-6-10-14)15-11-7-4-8-12-15/h3,5-6,9-10,15H,1,4,7-8,11-12H2,2H3. The highest BCUT2D eigenvalue weighted by molar-refractivity contribution is 6.05. The van der Waals surface area contributed by atoms with Gasteiger partial charge in [-0.25, -0.2) is 0 Å². The molecule has 1 aromatic carbocycles. The number of nitrogens with zero attached hydrogens (tertiary/aromatic N) is 1. The highest BCUT2D eigenvalue weighted by Gasteiger charge is 2.26. The lowest BCUT2D eigenvalue weighted by atomic mass is 9.93. The summed E-state index contributed by atoms with van der Waals surface area (Å²) in [5, 5.41) is 0. The molecule has 0 unspecified atom stereocenters. The summed E-state index contributed by atoms with van der Waals surface area (Å²) in [6, 6.07) is 10.3. The van der Waals surface area contributed by atoms with E-state index < -0.39 is 0 Å². The summed E-state index contributed by atoms with van der Waals surface area (Å²) in [7, 11) is 0. The molecule has 1 saturated carbocycles. The minimum Gasteiger partial charge on any atom is -0.306 e. The second-order valence-corrected chi connectivity index (χ2v) is 5.08. The molecule has 0 aromatic heterocycles. The van der Waals surface area contributed by atoms with Gasteiger partial charge in [0.1, 0.15) is 0 Å². The quantitative estimate of drug-likeness (QED) is 0.737. The van der Waals surface area contributed by atoms with Crippen molar-refractivity contribution in [2.24, 2.45) is 0 Å². The van der Waals surface area contributed by atoms with Crippen LogP contribution in [0.15, 0.2) is 42.5 Å². The summed E-state index contributed by atoms with van der Waals surface area (Å²) >= 11 is 0. The van der Waals surface area contributed by atoms with Crippen LogP contribution < -0.4 is 4.90 Å². The highest BCUT2D eigenvalue weighted by atomic mass is 16.2. The monoisotopic (exact) mass is 243 g/mol. The Bertz CT molecular complexity index is 418. The molecule has 0 saturated heterocycles. The minimum absolute atomic E-state index is 0.0631. The molecule has 1 amide bonds. The molecule has 0 spiro atoms. The Kier molecular flexibility index (Phi) is 4.19. The molecule has 96 valence electrons. The Hall–Kier alpha value is -1.57. The van der Waals surface area contributed by atoms with Crippen molar-refractivity contribution >= 4 is 11.6 Å². The van der Waals surface area contributed by atoms with Crippen molar-refractivity contribution in [1.82, 2.24) is 0 Å². The molecule has 0 bridgehead atoms. The van der Waals surface area contributed by atoms with Gasteiger partial charge in [-0.05, 0) is 31.9 Å². The fraction of sp³-hybridized carbons (Fsp3) is 0.438. The molecule has 0 atom stereocenters. The van der Waals surface area contributed by atoms with Crippen LogP contribution in [0.5, 0.6) is 0 Å². The molecule has 18 heavy (non-hydrogen) atoms. The number of amides is 1. The zero-order valence-corrected chi connectivity index (χ0v) is 11.1. The molecule has 1 fully saturated rings. The van der Waals surface area contributed by atoms with Crippen LogP contribution >= 0.6 is 0 Å². The predicted octanol–water partition coefficient (Wildman–Crippen LogP) is 3.93. The van der Waals surface area contributed by atoms with E-state index in [0.717, 1.165) is 18.5 Å². The van der Waals surface area contributed by atoms with Crippen molar-refractivity contribution in [1.29, 1.82) is 0 Å². The van der Waals surface area contributed by atoms with Crippen LogP contribution in [-0.4, -0.2) is 11.9 Å². The fourth-order valence-corrected chi connectivity index (χ4v) is 2.63. The van der Waals surface area contributed by atoms with Gasteiger partial charge in [-0.15, -0.1) is 0 Å². The van der Waals surface area contributed by atoms with Crippen LogP contribution in [0.1, 0.15) is 39.0 Å². The zero-order valence-electron chi connectivity index (χ0n) is 11.1. The molecule has 1 aliphatic carbocycles. The summed E-state index contributed by atoms with van der Waals surface area (Å²) < 4.78 is 0. The number of benzene rings is 1. The zero-order chi connectivity index (χ0) is 13.0. The van der Waals surface area contributed by atoms with Crippen molar-refractivity contribution in [3.63, 3.8) is 0 Å². The minimum atomic E-state index is 0.0631. The maximum Gasteiger partial charge on any atom is 0.253 e. The van der Waals surface area contributed by atoms with Crippen LogP contribution in [0.3, 0.4) is 0 Å². The van der Waals surface area contributed by atoms with Crippen molar-refractivity contribution < 1.29 is 4.79 Å². The lowest BCUT2D eigenvalue weighted by molar-refractivity contribution is -0.115. The van der Waals surface area contributed by atoms with Gasteiger partial charge in [-0.1, -0.05) is 44.0 Å². The molecule has 2 rings (SSSR count). The second kappa shape index (κ2) is 5.85. The molecule has 0 heterocycles. The molecule has 0 N–H and O–H groups in total. The average molecular weight is 243 g/mol. The van der Waals surface area contributed by atoms with Gasteiger partial charge in [0.05, 0.1) is 0 Å². The van der Waals surface area contributed by atoms with Crippen molar-refractivity contribution in [2.45, 2.75) is 45.1 Å². The third-order valence-corrected chi connectivity index (χ3v) is 3.56. The Morgan fingerprint density at radius 1 is 1.17 bits per heavy atom. The van der Waals surface area contributed by atoms with Crippen LogP contribution in [-0.2, 0) is 4.79 Å². The number of rotatable bonds is 3. The summed E-state index contributed by atoms with van der Waals surface area (Å²) in [4.78, 5) is 14.3. The number of para-hydroxylation sites is 1. The number of carbonyl (C=O) groups excluding carboxylic acids is 1. The number of carbonyl (C=O) groups is 1. The van der Waals surface area contributed by atoms with Crippen LogP contribution in [0.25, 0.3) is 0 Å². The van der Waals surface area contributed by atoms with Gasteiger partial charge in [-0.3, -0.25) is 4.79 Å². The van der Waals surface area contributed by atoms with Crippen molar-refractivity contribution in [3.8, 4) is 0 Å². The first kappa shape index (κ1) is 12.9.